The van der Waals surface area contributed by atoms with Crippen LogP contribution >= 0.6 is 11.3 Å². The van der Waals surface area contributed by atoms with Crippen molar-refractivity contribution in [1.82, 2.24) is 9.97 Å². The Bertz CT molecular complexity index is 600. The van der Waals surface area contributed by atoms with Crippen molar-refractivity contribution in [2.45, 2.75) is 18.6 Å². The number of rotatable bonds is 2. The lowest BCUT2D eigenvalue weighted by molar-refractivity contribution is -0.138. The summed E-state index contributed by atoms with van der Waals surface area (Å²) >= 11 is 1.47. The highest BCUT2D eigenvalue weighted by Gasteiger charge is 2.37. The second-order valence-electron chi connectivity index (χ2n) is 4.23. The summed E-state index contributed by atoms with van der Waals surface area (Å²) in [5.41, 5.74) is 0.801. The van der Waals surface area contributed by atoms with Gasteiger partial charge in [-0.1, -0.05) is 0 Å². The summed E-state index contributed by atoms with van der Waals surface area (Å²) in [6.45, 7) is 0.293. The summed E-state index contributed by atoms with van der Waals surface area (Å²) < 4.78 is 0.859. The average molecular weight is 265 g/mol. The van der Waals surface area contributed by atoms with E-state index < -0.39 is 18.1 Å². The molecule has 94 valence electrons. The summed E-state index contributed by atoms with van der Waals surface area (Å²) in [6, 6.07) is 1.15. The number of hydrogen-bond donors (Lipinski definition) is 2. The lowest BCUT2D eigenvalue weighted by Gasteiger charge is -2.22. The number of aliphatic hydroxyl groups excluding tert-OH is 1. The Balaban J connectivity index is 2.08. The second-order valence-corrected chi connectivity index (χ2v) is 5.14. The molecular formula is C11H11N3O3S. The maximum absolute atomic E-state index is 11.2. The normalized spacial score (nSPS) is 23.7. The Morgan fingerprint density at radius 2 is 2.33 bits per heavy atom. The quantitative estimate of drug-likeness (QED) is 0.832. The molecule has 1 saturated heterocycles. The standard InChI is InChI=1S/C11H11N3O3S/c15-6-3-8(11(16)17)14(4-6)10-9-7(1-2-18-9)12-5-13-10/h1-2,5-6,8,15H,3-4H2,(H,16,17). The molecule has 3 rings (SSSR count). The fraction of sp³-hybridized carbons (Fsp3) is 0.364. The molecule has 0 saturated carbocycles. The van der Waals surface area contributed by atoms with Crippen LogP contribution in [0.1, 0.15) is 6.42 Å². The molecule has 2 unspecified atom stereocenters. The Kier molecular flexibility index (Phi) is 2.64. The first-order chi connectivity index (χ1) is 8.66. The molecule has 1 aliphatic heterocycles. The molecule has 2 aromatic heterocycles. The zero-order valence-electron chi connectivity index (χ0n) is 9.35. The van der Waals surface area contributed by atoms with Gasteiger partial charge in [0.05, 0.1) is 16.3 Å². The number of carboxylic acids is 1. The van der Waals surface area contributed by atoms with Crippen molar-refractivity contribution in [2.24, 2.45) is 0 Å². The number of carboxylic acid groups (broad SMARTS) is 1. The van der Waals surface area contributed by atoms with Gasteiger partial charge in [0.25, 0.3) is 0 Å². The highest BCUT2D eigenvalue weighted by atomic mass is 32.1. The minimum absolute atomic E-state index is 0.228. The first-order valence-electron chi connectivity index (χ1n) is 5.52. The Labute approximate surface area is 107 Å². The smallest absolute Gasteiger partial charge is 0.326 e. The van der Waals surface area contributed by atoms with E-state index in [-0.39, 0.29) is 6.42 Å². The van der Waals surface area contributed by atoms with Gasteiger partial charge >= 0.3 is 5.97 Å². The monoisotopic (exact) mass is 265 g/mol. The number of aromatic nitrogens is 2. The average Bonchev–Trinajstić information content (AvgIpc) is 2.94. The van der Waals surface area contributed by atoms with Crippen molar-refractivity contribution in [3.63, 3.8) is 0 Å². The number of aliphatic hydroxyl groups is 1. The van der Waals surface area contributed by atoms with Crippen LogP contribution in [-0.2, 0) is 4.79 Å². The number of β-amino-alcohol motifs (C(OH)–C–C–N with tert-alkyl or cyclic N) is 1. The van der Waals surface area contributed by atoms with Crippen LogP contribution in [-0.4, -0.2) is 44.8 Å². The molecule has 0 aliphatic carbocycles. The van der Waals surface area contributed by atoms with Crippen molar-refractivity contribution in [3.05, 3.63) is 17.8 Å². The van der Waals surface area contributed by atoms with Gasteiger partial charge in [-0.3, -0.25) is 0 Å². The molecule has 2 aromatic rings. The van der Waals surface area contributed by atoms with E-state index in [4.69, 9.17) is 0 Å². The third-order valence-electron chi connectivity index (χ3n) is 3.06. The van der Waals surface area contributed by atoms with E-state index in [0.717, 1.165) is 10.2 Å². The number of thiophene rings is 1. The summed E-state index contributed by atoms with van der Waals surface area (Å²) in [6.07, 6.45) is 1.02. The lowest BCUT2D eigenvalue weighted by Crippen LogP contribution is -2.36. The highest BCUT2D eigenvalue weighted by Crippen LogP contribution is 2.32. The molecule has 0 aromatic carbocycles. The maximum Gasteiger partial charge on any atom is 0.326 e. The van der Waals surface area contributed by atoms with Gasteiger partial charge in [0.15, 0.2) is 5.82 Å². The van der Waals surface area contributed by atoms with E-state index in [1.54, 1.807) is 4.90 Å². The number of nitrogens with zero attached hydrogens (tertiary/aromatic N) is 3. The highest BCUT2D eigenvalue weighted by molar-refractivity contribution is 7.17. The number of hydrogen-bond acceptors (Lipinski definition) is 6. The number of fused-ring (bicyclic) bond motifs is 1. The third-order valence-corrected chi connectivity index (χ3v) is 3.96. The summed E-state index contributed by atoms with van der Waals surface area (Å²) in [4.78, 5) is 21.2. The van der Waals surface area contributed by atoms with E-state index in [1.165, 1.54) is 17.7 Å². The molecule has 2 atom stereocenters. The van der Waals surface area contributed by atoms with Gasteiger partial charge in [-0.25, -0.2) is 14.8 Å². The van der Waals surface area contributed by atoms with Crippen molar-refractivity contribution in [2.75, 3.05) is 11.4 Å². The van der Waals surface area contributed by atoms with E-state index in [1.807, 2.05) is 11.4 Å². The first-order valence-corrected chi connectivity index (χ1v) is 6.40. The molecule has 6 nitrogen and oxygen atoms in total. The fourth-order valence-electron chi connectivity index (χ4n) is 2.26. The molecule has 0 amide bonds. The van der Waals surface area contributed by atoms with Crippen molar-refractivity contribution < 1.29 is 15.0 Å². The summed E-state index contributed by atoms with van der Waals surface area (Å²) in [5, 5.41) is 20.7. The number of anilines is 1. The predicted octanol–water partition coefficient (Wildman–Crippen LogP) is 0.715. The number of carbonyl (C=O) groups is 1. The van der Waals surface area contributed by atoms with Crippen LogP contribution in [0.3, 0.4) is 0 Å². The number of aliphatic carboxylic acids is 1. The van der Waals surface area contributed by atoms with Crippen LogP contribution in [0.15, 0.2) is 17.8 Å². The molecule has 18 heavy (non-hydrogen) atoms. The summed E-state index contributed by atoms with van der Waals surface area (Å²) in [5.74, 6) is -0.339. The van der Waals surface area contributed by atoms with Gasteiger partial charge in [0.2, 0.25) is 0 Å². The Hall–Kier alpha value is -1.73. The van der Waals surface area contributed by atoms with Crippen LogP contribution < -0.4 is 4.90 Å². The lowest BCUT2D eigenvalue weighted by atomic mass is 10.2. The van der Waals surface area contributed by atoms with Gasteiger partial charge in [-0.15, -0.1) is 11.3 Å². The SMILES string of the molecule is O=C(O)C1CC(O)CN1c1ncnc2ccsc12. The molecule has 3 heterocycles. The molecule has 0 radical (unpaired) electrons. The fourth-order valence-corrected chi connectivity index (χ4v) is 3.11. The van der Waals surface area contributed by atoms with Gasteiger partial charge in [-0.05, 0) is 11.4 Å². The van der Waals surface area contributed by atoms with Crippen LogP contribution in [0.5, 0.6) is 0 Å². The van der Waals surface area contributed by atoms with Crippen molar-refractivity contribution in [3.8, 4) is 0 Å². The largest absolute Gasteiger partial charge is 0.480 e. The molecule has 0 spiro atoms. The van der Waals surface area contributed by atoms with Gasteiger partial charge in [0.1, 0.15) is 12.4 Å². The zero-order valence-corrected chi connectivity index (χ0v) is 10.2. The van der Waals surface area contributed by atoms with E-state index in [2.05, 4.69) is 9.97 Å². The van der Waals surface area contributed by atoms with E-state index in [0.29, 0.717) is 12.4 Å². The Morgan fingerprint density at radius 1 is 1.50 bits per heavy atom. The van der Waals surface area contributed by atoms with Gasteiger partial charge < -0.3 is 15.1 Å². The third kappa shape index (κ3) is 1.72. The maximum atomic E-state index is 11.2. The van der Waals surface area contributed by atoms with Gasteiger partial charge in [-0.2, -0.15) is 0 Å². The van der Waals surface area contributed by atoms with E-state index >= 15 is 0 Å². The molecule has 7 heteroatoms. The molecule has 2 N–H and O–H groups in total. The minimum Gasteiger partial charge on any atom is -0.480 e. The molecule has 1 fully saturated rings. The Morgan fingerprint density at radius 3 is 3.11 bits per heavy atom. The molecule has 1 aliphatic rings. The molecular weight excluding hydrogens is 254 g/mol. The topological polar surface area (TPSA) is 86.5 Å². The first kappa shape index (κ1) is 11.4. The second kappa shape index (κ2) is 4.18. The van der Waals surface area contributed by atoms with Crippen LogP contribution in [0.2, 0.25) is 0 Å². The van der Waals surface area contributed by atoms with E-state index in [9.17, 15) is 15.0 Å². The van der Waals surface area contributed by atoms with Crippen LogP contribution in [0, 0.1) is 0 Å². The van der Waals surface area contributed by atoms with Crippen molar-refractivity contribution in [1.29, 1.82) is 0 Å². The van der Waals surface area contributed by atoms with Crippen LogP contribution in [0.25, 0.3) is 10.2 Å². The predicted molar refractivity (Wildman–Crippen MR) is 66.8 cm³/mol. The van der Waals surface area contributed by atoms with Gasteiger partial charge in [0, 0.05) is 13.0 Å². The zero-order chi connectivity index (χ0) is 12.7. The molecule has 0 bridgehead atoms. The van der Waals surface area contributed by atoms with Crippen molar-refractivity contribution >= 4 is 33.3 Å². The van der Waals surface area contributed by atoms with Crippen LogP contribution in [0.4, 0.5) is 5.82 Å². The summed E-state index contributed by atoms with van der Waals surface area (Å²) in [7, 11) is 0. The minimum atomic E-state index is -0.935.